The van der Waals surface area contributed by atoms with Crippen LogP contribution >= 0.6 is 0 Å². The van der Waals surface area contributed by atoms with Crippen molar-refractivity contribution in [3.63, 3.8) is 0 Å². The molecule has 0 amide bonds. The number of nitrogens with zero attached hydrogens (tertiary/aromatic N) is 1. The van der Waals surface area contributed by atoms with Crippen LogP contribution in [0.3, 0.4) is 0 Å². The molecule has 1 heterocycles. The van der Waals surface area contributed by atoms with Crippen LogP contribution in [0.4, 0.5) is 0 Å². The average molecular weight is 233 g/mol. The maximum absolute atomic E-state index is 5.18. The van der Waals surface area contributed by atoms with Crippen molar-refractivity contribution >= 4 is 11.0 Å². The molecule has 17 heavy (non-hydrogen) atoms. The third-order valence-corrected chi connectivity index (χ3v) is 2.53. The lowest BCUT2D eigenvalue weighted by molar-refractivity contribution is 0.415. The van der Waals surface area contributed by atoms with Gasteiger partial charge in [0.15, 0.2) is 0 Å². The molecule has 92 valence electrons. The third-order valence-electron chi connectivity index (χ3n) is 2.53. The van der Waals surface area contributed by atoms with Crippen molar-refractivity contribution in [2.75, 3.05) is 7.11 Å². The van der Waals surface area contributed by atoms with Gasteiger partial charge in [-0.05, 0) is 32.9 Å². The molecule has 4 heteroatoms. The summed E-state index contributed by atoms with van der Waals surface area (Å²) in [4.78, 5) is 7.82. The minimum absolute atomic E-state index is 0.0939. The van der Waals surface area contributed by atoms with Crippen LogP contribution in [-0.4, -0.2) is 22.6 Å². The van der Waals surface area contributed by atoms with Gasteiger partial charge >= 0.3 is 0 Å². The minimum atomic E-state index is 0.0939. The summed E-state index contributed by atoms with van der Waals surface area (Å²) in [5, 5.41) is 3.40. The summed E-state index contributed by atoms with van der Waals surface area (Å²) in [6, 6.07) is 5.86. The zero-order valence-corrected chi connectivity index (χ0v) is 10.8. The summed E-state index contributed by atoms with van der Waals surface area (Å²) in [7, 11) is 1.66. The first-order valence-corrected chi connectivity index (χ1v) is 5.75. The van der Waals surface area contributed by atoms with Crippen molar-refractivity contribution in [3.05, 3.63) is 24.0 Å². The highest BCUT2D eigenvalue weighted by Gasteiger charge is 2.10. The molecule has 0 saturated heterocycles. The molecule has 0 aliphatic carbocycles. The van der Waals surface area contributed by atoms with Gasteiger partial charge in [0.1, 0.15) is 11.6 Å². The lowest BCUT2D eigenvalue weighted by Gasteiger charge is -2.19. The maximum Gasteiger partial charge on any atom is 0.121 e. The number of hydrogen-bond acceptors (Lipinski definition) is 3. The van der Waals surface area contributed by atoms with E-state index in [0.717, 1.165) is 29.2 Å². The first kappa shape index (κ1) is 11.9. The molecular weight excluding hydrogens is 214 g/mol. The van der Waals surface area contributed by atoms with Crippen LogP contribution in [0.5, 0.6) is 5.75 Å². The largest absolute Gasteiger partial charge is 0.497 e. The molecule has 0 bridgehead atoms. The Hall–Kier alpha value is -1.55. The lowest BCUT2D eigenvalue weighted by Crippen LogP contribution is -2.35. The van der Waals surface area contributed by atoms with Crippen LogP contribution in [0.25, 0.3) is 11.0 Å². The molecule has 0 spiro atoms. The highest BCUT2D eigenvalue weighted by atomic mass is 16.5. The van der Waals surface area contributed by atoms with Gasteiger partial charge < -0.3 is 15.0 Å². The first-order chi connectivity index (χ1) is 7.98. The number of aromatic nitrogens is 2. The molecule has 2 aromatic rings. The number of rotatable bonds is 3. The zero-order valence-electron chi connectivity index (χ0n) is 10.8. The van der Waals surface area contributed by atoms with Crippen LogP contribution in [0.15, 0.2) is 18.2 Å². The molecule has 0 aliphatic rings. The van der Waals surface area contributed by atoms with Crippen molar-refractivity contribution < 1.29 is 4.74 Å². The van der Waals surface area contributed by atoms with Gasteiger partial charge in [-0.15, -0.1) is 0 Å². The fourth-order valence-electron chi connectivity index (χ4n) is 1.60. The van der Waals surface area contributed by atoms with Crippen LogP contribution in [0.1, 0.15) is 26.6 Å². The van der Waals surface area contributed by atoms with Crippen molar-refractivity contribution in [3.8, 4) is 5.75 Å². The number of aromatic amines is 1. The summed E-state index contributed by atoms with van der Waals surface area (Å²) in [5.41, 5.74) is 2.07. The summed E-state index contributed by atoms with van der Waals surface area (Å²) >= 11 is 0. The summed E-state index contributed by atoms with van der Waals surface area (Å²) in [5.74, 6) is 1.78. The van der Waals surface area contributed by atoms with Gasteiger partial charge in [0.2, 0.25) is 0 Å². The van der Waals surface area contributed by atoms with E-state index in [0.29, 0.717) is 0 Å². The van der Waals surface area contributed by atoms with Crippen LogP contribution < -0.4 is 10.1 Å². The Bertz CT molecular complexity index is 511. The maximum atomic E-state index is 5.18. The minimum Gasteiger partial charge on any atom is -0.497 e. The van der Waals surface area contributed by atoms with Crippen LogP contribution in [-0.2, 0) is 6.54 Å². The molecule has 0 saturated carbocycles. The van der Waals surface area contributed by atoms with E-state index in [1.807, 2.05) is 18.2 Å². The molecule has 0 aliphatic heterocycles. The fourth-order valence-corrected chi connectivity index (χ4v) is 1.60. The molecule has 2 N–H and O–H groups in total. The van der Waals surface area contributed by atoms with Crippen molar-refractivity contribution in [2.24, 2.45) is 0 Å². The fraction of sp³-hybridized carbons (Fsp3) is 0.462. The molecule has 2 rings (SSSR count). The first-order valence-electron chi connectivity index (χ1n) is 5.75. The topological polar surface area (TPSA) is 49.9 Å². The Morgan fingerprint density at radius 2 is 2.12 bits per heavy atom. The highest BCUT2D eigenvalue weighted by molar-refractivity contribution is 5.76. The monoisotopic (exact) mass is 233 g/mol. The number of nitrogens with one attached hydrogen (secondary N) is 2. The Labute approximate surface area is 101 Å². The third kappa shape index (κ3) is 2.97. The molecule has 1 aromatic carbocycles. The number of benzene rings is 1. The predicted octanol–water partition coefficient (Wildman–Crippen LogP) is 2.46. The summed E-state index contributed by atoms with van der Waals surface area (Å²) < 4.78 is 5.18. The van der Waals surface area contributed by atoms with Gasteiger partial charge in [-0.1, -0.05) is 0 Å². The SMILES string of the molecule is COc1ccc2[nH]c(CNC(C)(C)C)nc2c1. The number of hydrogen-bond donors (Lipinski definition) is 2. The number of fused-ring (bicyclic) bond motifs is 1. The van der Waals surface area contributed by atoms with Gasteiger partial charge in [0, 0.05) is 11.6 Å². The van der Waals surface area contributed by atoms with Gasteiger partial charge in [-0.3, -0.25) is 0 Å². The molecule has 0 fully saturated rings. The number of imidazole rings is 1. The second kappa shape index (κ2) is 4.37. The molecule has 0 unspecified atom stereocenters. The van der Waals surface area contributed by atoms with Gasteiger partial charge in [0.05, 0.1) is 24.7 Å². The van der Waals surface area contributed by atoms with E-state index in [9.17, 15) is 0 Å². The number of ether oxygens (including phenoxy) is 1. The molecule has 0 radical (unpaired) electrons. The Kier molecular flexibility index (Phi) is 3.07. The quantitative estimate of drug-likeness (QED) is 0.856. The smallest absolute Gasteiger partial charge is 0.121 e. The summed E-state index contributed by atoms with van der Waals surface area (Å²) in [6.07, 6.45) is 0. The van der Waals surface area contributed by atoms with E-state index in [2.05, 4.69) is 36.1 Å². The Morgan fingerprint density at radius 1 is 1.35 bits per heavy atom. The standard InChI is InChI=1S/C13H19N3O/c1-13(2,3)14-8-12-15-10-6-5-9(17-4)7-11(10)16-12/h5-7,14H,8H2,1-4H3,(H,15,16). The highest BCUT2D eigenvalue weighted by Crippen LogP contribution is 2.18. The molecule has 4 nitrogen and oxygen atoms in total. The average Bonchev–Trinajstić information content (AvgIpc) is 2.66. The summed E-state index contributed by atoms with van der Waals surface area (Å²) in [6.45, 7) is 7.15. The van der Waals surface area contributed by atoms with Crippen molar-refractivity contribution in [2.45, 2.75) is 32.9 Å². The van der Waals surface area contributed by atoms with E-state index < -0.39 is 0 Å². The van der Waals surface area contributed by atoms with Crippen LogP contribution in [0.2, 0.25) is 0 Å². The van der Waals surface area contributed by atoms with E-state index in [-0.39, 0.29) is 5.54 Å². The van der Waals surface area contributed by atoms with Crippen molar-refractivity contribution in [1.29, 1.82) is 0 Å². The Morgan fingerprint density at radius 3 is 2.76 bits per heavy atom. The van der Waals surface area contributed by atoms with Crippen LogP contribution in [0, 0.1) is 0 Å². The van der Waals surface area contributed by atoms with Gasteiger partial charge in [0.25, 0.3) is 0 Å². The normalized spacial score (nSPS) is 12.0. The van der Waals surface area contributed by atoms with Gasteiger partial charge in [-0.2, -0.15) is 0 Å². The van der Waals surface area contributed by atoms with Gasteiger partial charge in [-0.25, -0.2) is 4.98 Å². The lowest BCUT2D eigenvalue weighted by atomic mass is 10.1. The molecule has 0 atom stereocenters. The predicted molar refractivity (Wildman–Crippen MR) is 69.2 cm³/mol. The van der Waals surface area contributed by atoms with E-state index in [4.69, 9.17) is 4.74 Å². The van der Waals surface area contributed by atoms with E-state index in [1.54, 1.807) is 7.11 Å². The molecular formula is C13H19N3O. The second-order valence-corrected chi connectivity index (χ2v) is 5.17. The van der Waals surface area contributed by atoms with E-state index in [1.165, 1.54) is 0 Å². The van der Waals surface area contributed by atoms with E-state index >= 15 is 0 Å². The molecule has 1 aromatic heterocycles. The Balaban J connectivity index is 2.20. The van der Waals surface area contributed by atoms with Crippen molar-refractivity contribution in [1.82, 2.24) is 15.3 Å². The number of methoxy groups -OCH3 is 1. The zero-order chi connectivity index (χ0) is 12.5. The second-order valence-electron chi connectivity index (χ2n) is 5.17. The number of H-pyrrole nitrogens is 1.